The third-order valence-electron chi connectivity index (χ3n) is 2.90. The molecule has 1 heterocycles. The maximum atomic E-state index is 9.44. The Bertz CT molecular complexity index is 532. The van der Waals surface area contributed by atoms with Crippen LogP contribution in [-0.2, 0) is 0 Å². The number of nitrogens with zero attached hydrogens (tertiary/aromatic N) is 2. The van der Waals surface area contributed by atoms with Crippen LogP contribution in [0.4, 0.5) is 0 Å². The molecule has 5 N–H and O–H groups in total. The van der Waals surface area contributed by atoms with Crippen molar-refractivity contribution in [2.75, 3.05) is 6.54 Å². The lowest BCUT2D eigenvalue weighted by Gasteiger charge is -2.17. The minimum atomic E-state index is 0.164. The molecule has 5 heteroatoms. The number of hydrogen-bond donors (Lipinski definition) is 3. The maximum Gasteiger partial charge on any atom is 0.134 e. The summed E-state index contributed by atoms with van der Waals surface area (Å²) in [5.41, 5.74) is 14.9. The Labute approximate surface area is 106 Å². The van der Waals surface area contributed by atoms with E-state index in [0.29, 0.717) is 6.54 Å². The molecule has 0 aromatic carbocycles. The van der Waals surface area contributed by atoms with Crippen LogP contribution in [0.1, 0.15) is 18.4 Å². The zero-order valence-corrected chi connectivity index (χ0v) is 10.0. The number of aromatic nitrogens is 1. The summed E-state index contributed by atoms with van der Waals surface area (Å²) in [6.07, 6.45) is 8.07. The van der Waals surface area contributed by atoms with E-state index in [9.17, 15) is 5.11 Å². The third kappa shape index (κ3) is 2.57. The lowest BCUT2D eigenvalue weighted by molar-refractivity contribution is 0.472. The van der Waals surface area contributed by atoms with Gasteiger partial charge in [0.2, 0.25) is 0 Å². The molecule has 18 heavy (non-hydrogen) atoms. The van der Waals surface area contributed by atoms with Crippen molar-refractivity contribution in [1.29, 1.82) is 0 Å². The van der Waals surface area contributed by atoms with E-state index in [1.807, 2.05) is 6.08 Å². The SMILES string of the molecule is NC=NC1=C(CN)C=C(c2cncc(O)c2)CC1. The van der Waals surface area contributed by atoms with Crippen LogP contribution in [0.15, 0.2) is 40.8 Å². The molecule has 0 bridgehead atoms. The van der Waals surface area contributed by atoms with Crippen LogP contribution in [0.3, 0.4) is 0 Å². The molecular weight excluding hydrogens is 228 g/mol. The first-order chi connectivity index (χ1) is 8.74. The summed E-state index contributed by atoms with van der Waals surface area (Å²) in [4.78, 5) is 8.10. The normalized spacial score (nSPS) is 16.2. The zero-order valence-electron chi connectivity index (χ0n) is 10.0. The smallest absolute Gasteiger partial charge is 0.134 e. The highest BCUT2D eigenvalue weighted by molar-refractivity contribution is 5.71. The van der Waals surface area contributed by atoms with Gasteiger partial charge in [-0.25, -0.2) is 4.99 Å². The molecule has 0 saturated carbocycles. The van der Waals surface area contributed by atoms with Crippen molar-refractivity contribution < 1.29 is 5.11 Å². The quantitative estimate of drug-likeness (QED) is 0.549. The van der Waals surface area contributed by atoms with Gasteiger partial charge in [-0.15, -0.1) is 0 Å². The first-order valence-electron chi connectivity index (χ1n) is 5.76. The van der Waals surface area contributed by atoms with Crippen molar-refractivity contribution in [3.05, 3.63) is 41.4 Å². The van der Waals surface area contributed by atoms with Gasteiger partial charge in [0.15, 0.2) is 0 Å². The van der Waals surface area contributed by atoms with E-state index in [1.165, 1.54) is 12.5 Å². The number of aromatic hydroxyl groups is 1. The summed E-state index contributed by atoms with van der Waals surface area (Å²) in [6, 6.07) is 1.70. The molecule has 0 spiro atoms. The Balaban J connectivity index is 2.37. The minimum Gasteiger partial charge on any atom is -0.506 e. The van der Waals surface area contributed by atoms with Crippen LogP contribution in [-0.4, -0.2) is 23.0 Å². The van der Waals surface area contributed by atoms with Crippen molar-refractivity contribution in [2.24, 2.45) is 16.5 Å². The van der Waals surface area contributed by atoms with E-state index in [-0.39, 0.29) is 5.75 Å². The molecule has 0 aliphatic heterocycles. The van der Waals surface area contributed by atoms with E-state index in [4.69, 9.17) is 11.5 Å². The van der Waals surface area contributed by atoms with Crippen molar-refractivity contribution in [3.63, 3.8) is 0 Å². The highest BCUT2D eigenvalue weighted by Crippen LogP contribution is 2.31. The summed E-state index contributed by atoms with van der Waals surface area (Å²) in [5, 5.41) is 9.44. The second kappa shape index (κ2) is 5.46. The molecule has 5 nitrogen and oxygen atoms in total. The van der Waals surface area contributed by atoms with Crippen molar-refractivity contribution in [1.82, 2.24) is 4.98 Å². The molecule has 1 aliphatic carbocycles. The maximum absolute atomic E-state index is 9.44. The van der Waals surface area contributed by atoms with Crippen LogP contribution in [0, 0.1) is 0 Å². The van der Waals surface area contributed by atoms with Crippen molar-refractivity contribution >= 4 is 11.9 Å². The summed E-state index contributed by atoms with van der Waals surface area (Å²) >= 11 is 0. The van der Waals surface area contributed by atoms with Gasteiger partial charge < -0.3 is 16.6 Å². The van der Waals surface area contributed by atoms with E-state index in [1.54, 1.807) is 12.3 Å². The Morgan fingerprint density at radius 2 is 2.22 bits per heavy atom. The molecule has 1 aromatic rings. The first kappa shape index (κ1) is 12.3. The summed E-state index contributed by atoms with van der Waals surface area (Å²) in [6.45, 7) is 0.419. The molecule has 1 aromatic heterocycles. The predicted molar refractivity (Wildman–Crippen MR) is 71.9 cm³/mol. The van der Waals surface area contributed by atoms with Crippen molar-refractivity contribution in [2.45, 2.75) is 12.8 Å². The van der Waals surface area contributed by atoms with E-state index in [0.717, 1.165) is 35.2 Å². The van der Waals surface area contributed by atoms with Gasteiger partial charge in [-0.2, -0.15) is 0 Å². The Hall–Kier alpha value is -2.14. The Morgan fingerprint density at radius 3 is 2.89 bits per heavy atom. The average molecular weight is 244 g/mol. The van der Waals surface area contributed by atoms with Gasteiger partial charge in [-0.3, -0.25) is 4.98 Å². The monoisotopic (exact) mass is 244 g/mol. The fourth-order valence-corrected chi connectivity index (χ4v) is 2.02. The lowest BCUT2D eigenvalue weighted by atomic mass is 9.92. The second-order valence-corrected chi connectivity index (χ2v) is 4.06. The van der Waals surface area contributed by atoms with Gasteiger partial charge in [0.05, 0.1) is 12.5 Å². The van der Waals surface area contributed by atoms with Crippen LogP contribution in [0.5, 0.6) is 5.75 Å². The molecule has 0 radical (unpaired) electrons. The minimum absolute atomic E-state index is 0.164. The van der Waals surface area contributed by atoms with Gasteiger partial charge in [0, 0.05) is 18.4 Å². The van der Waals surface area contributed by atoms with Gasteiger partial charge in [0.1, 0.15) is 5.75 Å². The second-order valence-electron chi connectivity index (χ2n) is 4.06. The third-order valence-corrected chi connectivity index (χ3v) is 2.90. The fourth-order valence-electron chi connectivity index (χ4n) is 2.02. The topological polar surface area (TPSA) is 97.5 Å². The van der Waals surface area contributed by atoms with Gasteiger partial charge in [-0.1, -0.05) is 6.08 Å². The molecule has 0 atom stereocenters. The number of allylic oxidation sites excluding steroid dienone is 2. The van der Waals surface area contributed by atoms with Crippen LogP contribution in [0.2, 0.25) is 0 Å². The molecular formula is C13H16N4O. The molecule has 0 fully saturated rings. The standard InChI is InChI=1S/C13H16N4O/c14-5-10-3-9(1-2-13(10)17-8-15)11-4-12(18)7-16-6-11/h3-4,6-8,18H,1-2,5,14H2,(H2,15,17). The highest BCUT2D eigenvalue weighted by atomic mass is 16.3. The van der Waals surface area contributed by atoms with Crippen LogP contribution in [0.25, 0.3) is 5.57 Å². The van der Waals surface area contributed by atoms with E-state index in [2.05, 4.69) is 9.98 Å². The molecule has 1 aliphatic rings. The largest absolute Gasteiger partial charge is 0.506 e. The van der Waals surface area contributed by atoms with Crippen LogP contribution >= 0.6 is 0 Å². The van der Waals surface area contributed by atoms with E-state index < -0.39 is 0 Å². The fraction of sp³-hybridized carbons (Fsp3) is 0.231. The number of rotatable bonds is 3. The summed E-state index contributed by atoms with van der Waals surface area (Å²) < 4.78 is 0. The molecule has 94 valence electrons. The highest BCUT2D eigenvalue weighted by Gasteiger charge is 2.13. The number of hydrogen-bond acceptors (Lipinski definition) is 4. The average Bonchev–Trinajstić information content (AvgIpc) is 2.39. The molecule has 0 saturated heterocycles. The van der Waals surface area contributed by atoms with Gasteiger partial charge in [0.25, 0.3) is 0 Å². The van der Waals surface area contributed by atoms with Gasteiger partial charge in [-0.05, 0) is 35.6 Å². The zero-order chi connectivity index (χ0) is 13.0. The summed E-state index contributed by atoms with van der Waals surface area (Å²) in [7, 11) is 0. The van der Waals surface area contributed by atoms with Gasteiger partial charge >= 0.3 is 0 Å². The Morgan fingerprint density at radius 1 is 1.39 bits per heavy atom. The summed E-state index contributed by atoms with van der Waals surface area (Å²) in [5.74, 6) is 0.164. The number of pyridine rings is 1. The Kier molecular flexibility index (Phi) is 3.74. The van der Waals surface area contributed by atoms with Crippen LogP contribution < -0.4 is 11.5 Å². The predicted octanol–water partition coefficient (Wildman–Crippen LogP) is 1.16. The number of aliphatic imine (C=N–C) groups is 1. The molecule has 0 amide bonds. The number of nitrogens with two attached hydrogens (primary N) is 2. The van der Waals surface area contributed by atoms with Crippen molar-refractivity contribution in [3.8, 4) is 5.75 Å². The van der Waals surface area contributed by atoms with E-state index >= 15 is 0 Å². The lowest BCUT2D eigenvalue weighted by Crippen LogP contribution is -2.09. The molecule has 2 rings (SSSR count). The molecule has 0 unspecified atom stereocenters. The first-order valence-corrected chi connectivity index (χ1v) is 5.76.